The molecule has 0 saturated carbocycles. The van der Waals surface area contributed by atoms with Crippen molar-refractivity contribution in [2.45, 2.75) is 31.4 Å². The highest BCUT2D eigenvalue weighted by Gasteiger charge is 2.60. The van der Waals surface area contributed by atoms with Crippen LogP contribution in [0.25, 0.3) is 22.1 Å². The minimum Gasteiger partial charge on any atom is -0.354 e. The first kappa shape index (κ1) is 25.3. The maximum atomic E-state index is 15.0. The lowest BCUT2D eigenvalue weighted by Gasteiger charge is -2.37. The maximum Gasteiger partial charge on any atom is 0.326 e. The van der Waals surface area contributed by atoms with Crippen LogP contribution >= 0.6 is 0 Å². The lowest BCUT2D eigenvalue weighted by Crippen LogP contribution is -2.56. The van der Waals surface area contributed by atoms with Gasteiger partial charge in [-0.15, -0.1) is 0 Å². The van der Waals surface area contributed by atoms with Gasteiger partial charge in [0, 0.05) is 30.8 Å². The summed E-state index contributed by atoms with van der Waals surface area (Å²) in [5.41, 5.74) is -1.80. The van der Waals surface area contributed by atoms with Gasteiger partial charge in [-0.3, -0.25) is 4.90 Å². The second-order valence-corrected chi connectivity index (χ2v) is 10.7. The highest BCUT2D eigenvalue weighted by Crippen LogP contribution is 2.44. The fourth-order valence-electron chi connectivity index (χ4n) is 4.76. The Bertz CT molecular complexity index is 1510. The van der Waals surface area contributed by atoms with Crippen molar-refractivity contribution in [3.8, 4) is 11.1 Å². The van der Waals surface area contributed by atoms with E-state index < -0.39 is 86.6 Å². The van der Waals surface area contributed by atoms with E-state index in [4.69, 9.17) is 4.52 Å². The van der Waals surface area contributed by atoms with E-state index in [0.29, 0.717) is 12.1 Å². The van der Waals surface area contributed by atoms with E-state index in [9.17, 15) is 30.8 Å². The van der Waals surface area contributed by atoms with Gasteiger partial charge in [-0.05, 0) is 25.5 Å². The van der Waals surface area contributed by atoms with Crippen LogP contribution in [-0.2, 0) is 10.0 Å². The Balaban J connectivity index is 1.58. The first-order valence-corrected chi connectivity index (χ1v) is 12.7. The fourth-order valence-corrected chi connectivity index (χ4v) is 5.60. The van der Waals surface area contributed by atoms with Gasteiger partial charge in [0.15, 0.2) is 11.4 Å². The van der Waals surface area contributed by atoms with Gasteiger partial charge in [0.05, 0.1) is 16.7 Å². The number of hydrogen-bond acceptors (Lipinski definition) is 5. The molecule has 2 amide bonds. The summed E-state index contributed by atoms with van der Waals surface area (Å²) in [5.74, 6) is -9.65. The summed E-state index contributed by atoms with van der Waals surface area (Å²) in [6.45, 7) is 0.244. The number of nitrogens with zero attached hydrogens (tertiary/aromatic N) is 3. The number of halogens is 6. The van der Waals surface area contributed by atoms with Crippen molar-refractivity contribution in [3.63, 3.8) is 0 Å². The standard InChI is InChI=1S/C22H18F6N4O4S/c1-2-37(34,35)30-15-9-32-16(22(15,27)28)5-6-31(21(32)33)20-19-14(36-29-20)4-3-11(24)18(19)17-12(25)7-10(23)8-13(17)26/h3-4,7-8,15-16,30H,2,5-6,9H2,1H3/t15-,16-/m1/s1. The van der Waals surface area contributed by atoms with E-state index in [1.54, 1.807) is 0 Å². The lowest BCUT2D eigenvalue weighted by atomic mass is 9.98. The quantitative estimate of drug-likeness (QED) is 0.487. The molecule has 3 heterocycles. The van der Waals surface area contributed by atoms with Crippen LogP contribution in [-0.4, -0.2) is 61.4 Å². The number of rotatable bonds is 5. The Labute approximate surface area is 205 Å². The Morgan fingerprint density at radius 2 is 1.78 bits per heavy atom. The third-order valence-corrected chi connectivity index (χ3v) is 7.96. The van der Waals surface area contributed by atoms with Gasteiger partial charge >= 0.3 is 6.03 Å². The molecule has 8 nitrogen and oxygen atoms in total. The smallest absolute Gasteiger partial charge is 0.326 e. The lowest BCUT2D eigenvalue weighted by molar-refractivity contribution is -0.0448. The van der Waals surface area contributed by atoms with Crippen LogP contribution < -0.4 is 9.62 Å². The molecule has 2 saturated heterocycles. The van der Waals surface area contributed by atoms with Crippen LogP contribution in [0.3, 0.4) is 0 Å². The van der Waals surface area contributed by atoms with E-state index in [2.05, 4.69) is 5.16 Å². The molecular weight excluding hydrogens is 530 g/mol. The van der Waals surface area contributed by atoms with E-state index in [-0.39, 0.29) is 23.9 Å². The molecule has 0 aliphatic carbocycles. The number of carbonyl (C=O) groups is 1. The van der Waals surface area contributed by atoms with Crippen molar-refractivity contribution < 1.29 is 44.1 Å². The van der Waals surface area contributed by atoms with Crippen LogP contribution in [0.2, 0.25) is 0 Å². The highest BCUT2D eigenvalue weighted by atomic mass is 32.2. The third kappa shape index (κ3) is 4.00. The molecule has 1 aromatic heterocycles. The van der Waals surface area contributed by atoms with Gasteiger partial charge in [-0.25, -0.2) is 44.3 Å². The minimum atomic E-state index is -4.02. The number of fused-ring (bicyclic) bond motifs is 2. The van der Waals surface area contributed by atoms with Crippen molar-refractivity contribution >= 4 is 32.8 Å². The number of carbonyl (C=O) groups excluding carboxylic acids is 1. The summed E-state index contributed by atoms with van der Waals surface area (Å²) >= 11 is 0. The second-order valence-electron chi connectivity index (χ2n) is 8.69. The van der Waals surface area contributed by atoms with Gasteiger partial charge in [-0.1, -0.05) is 5.16 Å². The van der Waals surface area contributed by atoms with E-state index in [0.717, 1.165) is 21.9 Å². The van der Waals surface area contributed by atoms with Crippen molar-refractivity contribution in [2.24, 2.45) is 0 Å². The SMILES string of the molecule is CCS(=O)(=O)N[C@@H]1CN2C(=O)N(c3noc4ccc(F)c(-c5c(F)cc(F)cc5F)c34)CC[C@@H]2C1(F)F. The maximum absolute atomic E-state index is 15.0. The van der Waals surface area contributed by atoms with Crippen LogP contribution in [0.5, 0.6) is 0 Å². The minimum absolute atomic E-state index is 0.176. The summed E-state index contributed by atoms with van der Waals surface area (Å²) < 4.78 is 119. The first-order valence-electron chi connectivity index (χ1n) is 11.0. The van der Waals surface area contributed by atoms with Crippen LogP contribution in [0.15, 0.2) is 28.8 Å². The Hall–Kier alpha value is -3.33. The zero-order valence-corrected chi connectivity index (χ0v) is 19.8. The summed E-state index contributed by atoms with van der Waals surface area (Å²) in [5, 5.41) is 3.41. The van der Waals surface area contributed by atoms with E-state index in [1.807, 2.05) is 4.72 Å². The molecule has 0 unspecified atom stereocenters. The number of sulfonamides is 1. The second kappa shape index (κ2) is 8.62. The summed E-state index contributed by atoms with van der Waals surface area (Å²) in [7, 11) is -4.02. The third-order valence-electron chi connectivity index (χ3n) is 6.55. The van der Waals surface area contributed by atoms with Gasteiger partial charge in [-0.2, -0.15) is 0 Å². The molecule has 0 radical (unpaired) electrons. The summed E-state index contributed by atoms with van der Waals surface area (Å²) in [6, 6.07) is -1.89. The molecule has 2 aliphatic heterocycles. The molecule has 0 bridgehead atoms. The zero-order valence-electron chi connectivity index (χ0n) is 18.9. The molecule has 2 aromatic carbocycles. The molecule has 3 aromatic rings. The van der Waals surface area contributed by atoms with Crippen LogP contribution in [0, 0.1) is 23.3 Å². The molecule has 1 N–H and O–H groups in total. The summed E-state index contributed by atoms with van der Waals surface area (Å²) in [6.07, 6.45) is -0.332. The van der Waals surface area contributed by atoms with Gasteiger partial charge in [0.2, 0.25) is 10.0 Å². The fraction of sp³-hybridized carbons (Fsp3) is 0.364. The molecule has 2 atom stereocenters. The molecule has 2 aliphatic rings. The van der Waals surface area contributed by atoms with Gasteiger partial charge < -0.3 is 9.42 Å². The first-order chi connectivity index (χ1) is 17.4. The predicted molar refractivity (Wildman–Crippen MR) is 118 cm³/mol. The number of alkyl halides is 2. The number of anilines is 1. The number of nitrogens with one attached hydrogen (secondary N) is 1. The normalized spacial score (nSPS) is 21.6. The number of amides is 2. The summed E-state index contributed by atoms with van der Waals surface area (Å²) in [4.78, 5) is 15.0. The number of benzene rings is 2. The average Bonchev–Trinajstić information content (AvgIpc) is 3.34. The number of aromatic nitrogens is 1. The molecular formula is C22H18F6N4O4S. The van der Waals surface area contributed by atoms with E-state index in [1.165, 1.54) is 6.92 Å². The average molecular weight is 548 g/mol. The largest absolute Gasteiger partial charge is 0.354 e. The molecule has 0 spiro atoms. The zero-order chi connectivity index (χ0) is 26.9. The topological polar surface area (TPSA) is 95.8 Å². The van der Waals surface area contributed by atoms with E-state index >= 15 is 8.78 Å². The highest BCUT2D eigenvalue weighted by molar-refractivity contribution is 7.89. The van der Waals surface area contributed by atoms with Gasteiger partial charge in [0.25, 0.3) is 5.92 Å². The van der Waals surface area contributed by atoms with Crippen molar-refractivity contribution in [3.05, 3.63) is 47.5 Å². The number of hydrogen-bond donors (Lipinski definition) is 1. The Morgan fingerprint density at radius 1 is 1.11 bits per heavy atom. The Morgan fingerprint density at radius 3 is 2.43 bits per heavy atom. The van der Waals surface area contributed by atoms with Crippen LogP contribution in [0.4, 0.5) is 37.0 Å². The molecule has 37 heavy (non-hydrogen) atoms. The van der Waals surface area contributed by atoms with Crippen molar-refractivity contribution in [1.29, 1.82) is 0 Å². The van der Waals surface area contributed by atoms with Crippen molar-refractivity contribution in [1.82, 2.24) is 14.8 Å². The molecule has 2 fully saturated rings. The Kier molecular flexibility index (Phi) is 5.90. The predicted octanol–water partition coefficient (Wildman–Crippen LogP) is 4.01. The monoisotopic (exact) mass is 548 g/mol. The molecule has 5 rings (SSSR count). The molecule has 198 valence electrons. The van der Waals surface area contributed by atoms with Crippen molar-refractivity contribution in [2.75, 3.05) is 23.7 Å². The molecule has 15 heteroatoms. The van der Waals surface area contributed by atoms with Gasteiger partial charge in [0.1, 0.15) is 35.4 Å². The number of urea groups is 1. The van der Waals surface area contributed by atoms with Crippen LogP contribution in [0.1, 0.15) is 13.3 Å².